The number of esters is 3. The van der Waals surface area contributed by atoms with E-state index in [2.05, 4.69) is 27.4 Å². The first kappa shape index (κ1) is 28.4. The number of aliphatic hydroxyl groups excluding tert-OH is 1. The van der Waals surface area contributed by atoms with Crippen LogP contribution in [0.5, 0.6) is 0 Å². The zero-order valence-corrected chi connectivity index (χ0v) is 23.1. The summed E-state index contributed by atoms with van der Waals surface area (Å²) in [6.07, 6.45) is 1.86. The fourth-order valence-electron chi connectivity index (χ4n) is 7.37. The summed E-state index contributed by atoms with van der Waals surface area (Å²) in [5, 5.41) is 11.6. The van der Waals surface area contributed by atoms with E-state index in [0.29, 0.717) is 31.3 Å². The summed E-state index contributed by atoms with van der Waals surface area (Å²) in [7, 11) is 0. The smallest absolute Gasteiger partial charge is 0.309 e. The summed E-state index contributed by atoms with van der Waals surface area (Å²) >= 11 is 0. The largest absolute Gasteiger partial charge is 0.461 e. The first-order chi connectivity index (χ1) is 16.6. The topological polar surface area (TPSA) is 99.1 Å². The van der Waals surface area contributed by atoms with E-state index in [0.717, 1.165) is 5.57 Å². The maximum absolute atomic E-state index is 13.0. The highest BCUT2D eigenvalue weighted by Crippen LogP contribution is 2.60. The Kier molecular flexibility index (Phi) is 8.14. The number of carbonyl (C=O) groups is 3. The predicted molar refractivity (Wildman–Crippen MR) is 136 cm³/mol. The van der Waals surface area contributed by atoms with E-state index >= 15 is 0 Å². The van der Waals surface area contributed by atoms with Gasteiger partial charge in [-0.1, -0.05) is 46.8 Å². The normalized spacial score (nSPS) is 38.4. The molecule has 0 aromatic carbocycles. The number of ether oxygens (including phenoxy) is 3. The Hall–Kier alpha value is -2.15. The molecule has 36 heavy (non-hydrogen) atoms. The van der Waals surface area contributed by atoms with Crippen LogP contribution in [-0.2, 0) is 28.6 Å². The molecule has 0 amide bonds. The van der Waals surface area contributed by atoms with Gasteiger partial charge in [0.2, 0.25) is 0 Å². The fourth-order valence-corrected chi connectivity index (χ4v) is 7.37. The Bertz CT molecular complexity index is 934. The molecule has 0 heterocycles. The number of hydrogen-bond donors (Lipinski definition) is 1. The van der Waals surface area contributed by atoms with Crippen molar-refractivity contribution in [2.45, 2.75) is 105 Å². The number of hydrogen-bond acceptors (Lipinski definition) is 7. The quantitative estimate of drug-likeness (QED) is 0.327. The third kappa shape index (κ3) is 5.13. The van der Waals surface area contributed by atoms with Gasteiger partial charge in [-0.25, -0.2) is 0 Å². The van der Waals surface area contributed by atoms with Gasteiger partial charge in [0.1, 0.15) is 18.3 Å². The van der Waals surface area contributed by atoms with Crippen LogP contribution in [0.3, 0.4) is 0 Å². The lowest BCUT2D eigenvalue weighted by Gasteiger charge is -2.59. The van der Waals surface area contributed by atoms with Crippen LogP contribution in [0.1, 0.15) is 81.1 Å². The fraction of sp³-hybridized carbons (Fsp3) is 0.759. The van der Waals surface area contributed by atoms with Crippen molar-refractivity contribution in [1.82, 2.24) is 0 Å². The van der Waals surface area contributed by atoms with E-state index in [1.165, 1.54) is 13.8 Å². The van der Waals surface area contributed by atoms with Crippen molar-refractivity contribution in [2.24, 2.45) is 34.5 Å². The van der Waals surface area contributed by atoms with Crippen molar-refractivity contribution in [3.63, 3.8) is 0 Å². The molecule has 0 spiro atoms. The highest BCUT2D eigenvalue weighted by Gasteiger charge is 2.61. The van der Waals surface area contributed by atoms with E-state index in [-0.39, 0.29) is 17.8 Å². The van der Waals surface area contributed by atoms with Gasteiger partial charge in [-0.05, 0) is 55.1 Å². The summed E-state index contributed by atoms with van der Waals surface area (Å²) in [4.78, 5) is 37.4. The van der Waals surface area contributed by atoms with Crippen LogP contribution in [0.4, 0.5) is 0 Å². The van der Waals surface area contributed by atoms with Gasteiger partial charge in [-0.2, -0.15) is 0 Å². The molecule has 0 aromatic heterocycles. The molecule has 3 aliphatic rings. The average Bonchev–Trinajstić information content (AvgIpc) is 2.72. The summed E-state index contributed by atoms with van der Waals surface area (Å²) < 4.78 is 17.9. The molecule has 3 aliphatic carbocycles. The van der Waals surface area contributed by atoms with Gasteiger partial charge in [0.05, 0.1) is 12.0 Å². The zero-order valence-electron chi connectivity index (χ0n) is 23.1. The van der Waals surface area contributed by atoms with Crippen molar-refractivity contribution >= 4 is 17.9 Å². The minimum absolute atomic E-state index is 0.198. The Morgan fingerprint density at radius 1 is 1.11 bits per heavy atom. The molecule has 202 valence electrons. The molecule has 0 aliphatic heterocycles. The van der Waals surface area contributed by atoms with Crippen LogP contribution in [0, 0.1) is 34.5 Å². The lowest BCUT2D eigenvalue weighted by atomic mass is 9.48. The average molecular weight is 505 g/mol. The first-order valence-corrected chi connectivity index (χ1v) is 13.2. The Morgan fingerprint density at radius 3 is 2.28 bits per heavy atom. The highest BCUT2D eigenvalue weighted by molar-refractivity contribution is 5.72. The molecule has 0 saturated heterocycles. The predicted octanol–water partition coefficient (Wildman–Crippen LogP) is 4.76. The molecule has 7 heteroatoms. The van der Waals surface area contributed by atoms with Crippen LogP contribution in [0.2, 0.25) is 0 Å². The molecule has 9 atom stereocenters. The number of fused-ring (bicyclic) bond motifs is 3. The summed E-state index contributed by atoms with van der Waals surface area (Å²) in [6, 6.07) is 0. The number of aliphatic hydroxyl groups is 1. The molecular weight excluding hydrogens is 460 g/mol. The standard InChI is InChI=1S/C29H44O7/c1-10-15(2)27(33)36-22-13-16(3)23-20(32)14-29(9)12-11-21(34-18(5)30)17(4)24(29)26(35-19(6)31)25(22)28(23,7)8/h13,15,20-26,32H,4,10-12,14H2,1-3,5-9H3/t15-,20?,21-,22-,23?,24?,25?,26-,29-/m0/s1. The molecular formula is C29H44O7. The van der Waals surface area contributed by atoms with Crippen molar-refractivity contribution in [1.29, 1.82) is 0 Å². The summed E-state index contributed by atoms with van der Waals surface area (Å²) in [6.45, 7) is 19.1. The van der Waals surface area contributed by atoms with Crippen molar-refractivity contribution in [2.75, 3.05) is 0 Å². The lowest BCUT2D eigenvalue weighted by Crippen LogP contribution is -2.62. The number of carbonyl (C=O) groups excluding carboxylic acids is 3. The second-order valence-corrected chi connectivity index (χ2v) is 12.1. The molecule has 0 radical (unpaired) electrons. The lowest BCUT2D eigenvalue weighted by molar-refractivity contribution is -0.194. The summed E-state index contributed by atoms with van der Waals surface area (Å²) in [5.41, 5.74) is 0.629. The molecule has 4 unspecified atom stereocenters. The van der Waals surface area contributed by atoms with Crippen molar-refractivity contribution in [3.05, 3.63) is 23.8 Å². The van der Waals surface area contributed by atoms with Gasteiger partial charge in [0.15, 0.2) is 0 Å². The van der Waals surface area contributed by atoms with Crippen LogP contribution in [-0.4, -0.2) is 47.4 Å². The Balaban J connectivity index is 2.21. The SMILES string of the molecule is C=C1C2[C@H](OC(C)=O)C3[C@@H](OC(=O)[C@@H](C)CC)C=C(C)C(C(O)C[C@]2(C)CC[C@@H]1OC(C)=O)C3(C)C. The van der Waals surface area contributed by atoms with E-state index in [1.54, 1.807) is 0 Å². The van der Waals surface area contributed by atoms with Crippen molar-refractivity contribution in [3.8, 4) is 0 Å². The van der Waals surface area contributed by atoms with E-state index in [9.17, 15) is 19.5 Å². The van der Waals surface area contributed by atoms with Gasteiger partial charge in [-0.3, -0.25) is 14.4 Å². The van der Waals surface area contributed by atoms with Gasteiger partial charge in [0, 0.05) is 31.6 Å². The van der Waals surface area contributed by atoms with Crippen LogP contribution in [0.25, 0.3) is 0 Å². The maximum atomic E-state index is 13.0. The molecule has 2 bridgehead atoms. The second-order valence-electron chi connectivity index (χ2n) is 12.1. The van der Waals surface area contributed by atoms with Gasteiger partial charge >= 0.3 is 17.9 Å². The zero-order chi connectivity index (χ0) is 27.2. The van der Waals surface area contributed by atoms with Gasteiger partial charge < -0.3 is 19.3 Å². The van der Waals surface area contributed by atoms with E-state index in [1.807, 2.05) is 26.8 Å². The highest BCUT2D eigenvalue weighted by atomic mass is 16.6. The van der Waals surface area contributed by atoms with Gasteiger partial charge in [0.25, 0.3) is 0 Å². The van der Waals surface area contributed by atoms with Crippen LogP contribution >= 0.6 is 0 Å². The Morgan fingerprint density at radius 2 is 1.72 bits per heavy atom. The van der Waals surface area contributed by atoms with E-state index < -0.39 is 59.0 Å². The molecule has 0 aromatic rings. The molecule has 3 rings (SSSR count). The minimum Gasteiger partial charge on any atom is -0.461 e. The first-order valence-electron chi connectivity index (χ1n) is 13.2. The maximum Gasteiger partial charge on any atom is 0.309 e. The molecule has 2 saturated carbocycles. The molecule has 7 nitrogen and oxygen atoms in total. The van der Waals surface area contributed by atoms with Gasteiger partial charge in [-0.15, -0.1) is 0 Å². The molecule has 2 fully saturated rings. The van der Waals surface area contributed by atoms with Crippen LogP contribution < -0.4 is 0 Å². The number of rotatable bonds is 5. The van der Waals surface area contributed by atoms with Crippen molar-refractivity contribution < 1.29 is 33.7 Å². The Labute approximate surface area is 215 Å². The van der Waals surface area contributed by atoms with Crippen LogP contribution in [0.15, 0.2) is 23.8 Å². The monoisotopic (exact) mass is 504 g/mol. The third-order valence-corrected chi connectivity index (χ3v) is 9.09. The minimum atomic E-state index is -0.678. The van der Waals surface area contributed by atoms with E-state index in [4.69, 9.17) is 14.2 Å². The third-order valence-electron chi connectivity index (χ3n) is 9.09. The summed E-state index contributed by atoms with van der Waals surface area (Å²) in [5.74, 6) is -2.42. The second kappa shape index (κ2) is 10.3. The molecule has 1 N–H and O–H groups in total.